The van der Waals surface area contributed by atoms with Gasteiger partial charge in [-0.15, -0.1) is 0 Å². The molecule has 2 aromatic heterocycles. The SMILES string of the molecule is CC(C)c1cc(N2C(=O)CN(c3cccc(C(F)(F)F)c3)C2=O)ccc1Oc1ccnc2[nH]cnc12.O=C(O)C(F)(F)F. The Kier molecular flexibility index (Phi) is 8.32. The first-order chi connectivity index (χ1) is 20.1. The van der Waals surface area contributed by atoms with E-state index in [2.05, 4.69) is 15.0 Å². The smallest absolute Gasteiger partial charge is 0.475 e. The molecule has 1 aliphatic heterocycles. The quantitative estimate of drug-likeness (QED) is 0.195. The molecule has 10 nitrogen and oxygen atoms in total. The summed E-state index contributed by atoms with van der Waals surface area (Å²) in [7, 11) is 0. The lowest BCUT2D eigenvalue weighted by Crippen LogP contribution is -2.33. The number of carboxylic acids is 1. The molecule has 0 saturated carbocycles. The number of hydrogen-bond acceptors (Lipinski definition) is 6. The number of H-pyrrole nitrogens is 1. The van der Waals surface area contributed by atoms with Crippen LogP contribution >= 0.6 is 0 Å². The second kappa shape index (κ2) is 11.6. The number of pyridine rings is 1. The highest BCUT2D eigenvalue weighted by Crippen LogP contribution is 2.38. The van der Waals surface area contributed by atoms with Gasteiger partial charge in [0.25, 0.3) is 5.91 Å². The molecule has 0 unspecified atom stereocenters. The molecule has 3 heterocycles. The van der Waals surface area contributed by atoms with Crippen molar-refractivity contribution in [3.63, 3.8) is 0 Å². The Morgan fingerprint density at radius 3 is 2.30 bits per heavy atom. The van der Waals surface area contributed by atoms with Crippen molar-refractivity contribution in [3.05, 3.63) is 72.2 Å². The van der Waals surface area contributed by atoms with Crippen molar-refractivity contribution in [2.45, 2.75) is 32.1 Å². The molecule has 226 valence electrons. The molecule has 2 N–H and O–H groups in total. The molecule has 16 heteroatoms. The number of halogens is 6. The fraction of sp³-hybridized carbons (Fsp3) is 0.222. The zero-order valence-corrected chi connectivity index (χ0v) is 22.2. The number of amides is 3. The summed E-state index contributed by atoms with van der Waals surface area (Å²) in [6, 6.07) is 10.2. The molecule has 43 heavy (non-hydrogen) atoms. The second-order valence-electron chi connectivity index (χ2n) is 9.34. The summed E-state index contributed by atoms with van der Waals surface area (Å²) in [5.74, 6) is -2.34. The Hall–Kier alpha value is -5.15. The van der Waals surface area contributed by atoms with Crippen LogP contribution in [0.1, 0.15) is 30.9 Å². The molecule has 2 aromatic carbocycles. The van der Waals surface area contributed by atoms with Crippen LogP contribution in [0.15, 0.2) is 61.1 Å². The molecular weight excluding hydrogens is 588 g/mol. The van der Waals surface area contributed by atoms with Gasteiger partial charge in [0.2, 0.25) is 0 Å². The van der Waals surface area contributed by atoms with Crippen molar-refractivity contribution >= 4 is 40.4 Å². The Labute approximate surface area is 238 Å². The summed E-state index contributed by atoms with van der Waals surface area (Å²) in [5.41, 5.74) is 1.25. The van der Waals surface area contributed by atoms with Crippen LogP contribution in [0.2, 0.25) is 0 Å². The third-order valence-corrected chi connectivity index (χ3v) is 6.07. The summed E-state index contributed by atoms with van der Waals surface area (Å²) in [6.07, 6.45) is -6.55. The molecule has 1 saturated heterocycles. The monoisotopic (exact) mass is 609 g/mol. The Balaban J connectivity index is 0.000000541. The molecular formula is C27H21F6N5O5. The maximum absolute atomic E-state index is 13.2. The normalized spacial score (nSPS) is 13.9. The topological polar surface area (TPSA) is 129 Å². The lowest BCUT2D eigenvalue weighted by Gasteiger charge is -2.20. The number of anilines is 2. The molecule has 1 fully saturated rings. The zero-order chi connectivity index (χ0) is 31.7. The Morgan fingerprint density at radius 1 is 0.977 bits per heavy atom. The summed E-state index contributed by atoms with van der Waals surface area (Å²) in [6.45, 7) is 3.50. The predicted octanol–water partition coefficient (Wildman–Crippen LogP) is 6.50. The van der Waals surface area contributed by atoms with E-state index < -0.39 is 35.8 Å². The van der Waals surface area contributed by atoms with Gasteiger partial charge in [-0.3, -0.25) is 9.69 Å². The fourth-order valence-electron chi connectivity index (χ4n) is 4.05. The van der Waals surface area contributed by atoms with Gasteiger partial charge < -0.3 is 14.8 Å². The number of hydrogen-bond donors (Lipinski definition) is 2. The molecule has 0 bridgehead atoms. The molecule has 0 spiro atoms. The van der Waals surface area contributed by atoms with Gasteiger partial charge >= 0.3 is 24.4 Å². The number of benzene rings is 2. The molecule has 3 amide bonds. The van der Waals surface area contributed by atoms with Crippen molar-refractivity contribution in [3.8, 4) is 11.5 Å². The zero-order valence-electron chi connectivity index (χ0n) is 22.2. The first-order valence-electron chi connectivity index (χ1n) is 12.3. The number of aromatic nitrogens is 3. The van der Waals surface area contributed by atoms with Crippen molar-refractivity contribution in [1.82, 2.24) is 15.0 Å². The number of nitrogens with zero attached hydrogens (tertiary/aromatic N) is 4. The number of nitrogens with one attached hydrogen (secondary N) is 1. The summed E-state index contributed by atoms with van der Waals surface area (Å²) >= 11 is 0. The number of imide groups is 1. The van der Waals surface area contributed by atoms with E-state index in [0.29, 0.717) is 28.4 Å². The number of urea groups is 1. The van der Waals surface area contributed by atoms with Gasteiger partial charge in [0, 0.05) is 18.0 Å². The molecule has 0 atom stereocenters. The molecule has 0 aliphatic carbocycles. The van der Waals surface area contributed by atoms with E-state index >= 15 is 0 Å². The van der Waals surface area contributed by atoms with E-state index in [4.69, 9.17) is 14.6 Å². The van der Waals surface area contributed by atoms with Gasteiger partial charge in [-0.25, -0.2) is 24.5 Å². The minimum Gasteiger partial charge on any atom is -0.475 e. The van der Waals surface area contributed by atoms with E-state index in [9.17, 15) is 35.9 Å². The van der Waals surface area contributed by atoms with Gasteiger partial charge in [0.05, 0.1) is 17.6 Å². The summed E-state index contributed by atoms with van der Waals surface area (Å²) in [4.78, 5) is 48.2. The van der Waals surface area contributed by atoms with Crippen LogP contribution in [0, 0.1) is 0 Å². The van der Waals surface area contributed by atoms with Gasteiger partial charge in [0.15, 0.2) is 11.4 Å². The second-order valence-corrected chi connectivity index (χ2v) is 9.34. The van der Waals surface area contributed by atoms with Crippen LogP contribution in [0.4, 0.5) is 42.5 Å². The third kappa shape index (κ3) is 6.68. The lowest BCUT2D eigenvalue weighted by atomic mass is 10.0. The van der Waals surface area contributed by atoms with Crippen molar-refractivity contribution in [1.29, 1.82) is 0 Å². The lowest BCUT2D eigenvalue weighted by molar-refractivity contribution is -0.192. The number of rotatable bonds is 5. The van der Waals surface area contributed by atoms with Gasteiger partial charge in [0.1, 0.15) is 17.8 Å². The molecule has 1 aliphatic rings. The van der Waals surface area contributed by atoms with Gasteiger partial charge in [-0.2, -0.15) is 26.3 Å². The Morgan fingerprint density at radius 2 is 1.67 bits per heavy atom. The van der Waals surface area contributed by atoms with E-state index in [0.717, 1.165) is 27.5 Å². The molecule has 5 rings (SSSR count). The average Bonchev–Trinajstić information content (AvgIpc) is 3.53. The number of carboxylic acid groups (broad SMARTS) is 1. The number of aliphatic carboxylic acids is 1. The van der Waals surface area contributed by atoms with Crippen LogP contribution in [-0.4, -0.2) is 50.7 Å². The highest BCUT2D eigenvalue weighted by atomic mass is 19.4. The van der Waals surface area contributed by atoms with E-state index in [-0.39, 0.29) is 18.2 Å². The van der Waals surface area contributed by atoms with Crippen LogP contribution in [-0.2, 0) is 15.8 Å². The van der Waals surface area contributed by atoms with Crippen LogP contribution in [0.25, 0.3) is 11.2 Å². The largest absolute Gasteiger partial charge is 0.490 e. The Bertz CT molecular complexity index is 1680. The standard InChI is InChI=1S/C25H20F3N5O3.C2HF3O2/c1-14(2)18-11-17(6-7-19(18)36-20-8-9-29-23-22(20)30-13-31-23)33-21(34)12-32(24(33)35)16-5-3-4-15(10-16)25(26,27)28;3-2(4,5)1(6)7/h3-11,13-14H,12H2,1-2H3,(H,29,30,31);(H,6,7). The maximum Gasteiger partial charge on any atom is 0.490 e. The minimum absolute atomic E-state index is 0.00424. The minimum atomic E-state index is -5.08. The van der Waals surface area contributed by atoms with E-state index in [1.165, 1.54) is 18.5 Å². The van der Waals surface area contributed by atoms with Crippen molar-refractivity contribution < 1.29 is 50.6 Å². The highest BCUT2D eigenvalue weighted by Gasteiger charge is 2.40. The van der Waals surface area contributed by atoms with Crippen LogP contribution < -0.4 is 14.5 Å². The predicted molar refractivity (Wildman–Crippen MR) is 140 cm³/mol. The van der Waals surface area contributed by atoms with E-state index in [1.54, 1.807) is 30.5 Å². The number of alkyl halides is 6. The highest BCUT2D eigenvalue weighted by molar-refractivity contribution is 6.27. The maximum atomic E-state index is 13.2. The summed E-state index contributed by atoms with van der Waals surface area (Å²) in [5, 5.41) is 7.12. The number of carbonyl (C=O) groups is 3. The van der Waals surface area contributed by atoms with Gasteiger partial charge in [-0.1, -0.05) is 19.9 Å². The number of ether oxygens (including phenoxy) is 1. The fourth-order valence-corrected chi connectivity index (χ4v) is 4.05. The molecule has 4 aromatic rings. The molecule has 0 radical (unpaired) electrons. The number of aromatic amines is 1. The number of carbonyl (C=O) groups excluding carboxylic acids is 2. The third-order valence-electron chi connectivity index (χ3n) is 6.07. The summed E-state index contributed by atoms with van der Waals surface area (Å²) < 4.78 is 77.3. The van der Waals surface area contributed by atoms with E-state index in [1.807, 2.05) is 13.8 Å². The number of imidazole rings is 1. The average molecular weight is 609 g/mol. The number of fused-ring (bicyclic) bond motifs is 1. The van der Waals surface area contributed by atoms with Crippen molar-refractivity contribution in [2.24, 2.45) is 0 Å². The van der Waals surface area contributed by atoms with Gasteiger partial charge in [-0.05, 0) is 47.9 Å². The first-order valence-corrected chi connectivity index (χ1v) is 12.3. The van der Waals surface area contributed by atoms with Crippen LogP contribution in [0.5, 0.6) is 11.5 Å². The van der Waals surface area contributed by atoms with Crippen molar-refractivity contribution in [2.75, 3.05) is 16.3 Å². The van der Waals surface area contributed by atoms with Crippen LogP contribution in [0.3, 0.4) is 0 Å². The first kappa shape index (κ1) is 30.8.